The number of aryl methyl sites for hydroxylation is 2. The van der Waals surface area contributed by atoms with Crippen molar-refractivity contribution >= 4 is 21.8 Å². The lowest BCUT2D eigenvalue weighted by Crippen LogP contribution is -2.35. The lowest BCUT2D eigenvalue weighted by molar-refractivity contribution is 0.0280. The maximum Gasteiger partial charge on any atom is 0.339 e. The van der Waals surface area contributed by atoms with Gasteiger partial charge in [0.2, 0.25) is 15.8 Å². The summed E-state index contributed by atoms with van der Waals surface area (Å²) in [4.78, 5) is 26.6. The van der Waals surface area contributed by atoms with Gasteiger partial charge in [-0.05, 0) is 55.7 Å². The van der Waals surface area contributed by atoms with Crippen molar-refractivity contribution in [3.05, 3.63) is 136 Å². The van der Waals surface area contributed by atoms with Gasteiger partial charge in [-0.3, -0.25) is 4.79 Å². The van der Waals surface area contributed by atoms with Crippen molar-refractivity contribution < 1.29 is 22.7 Å². The van der Waals surface area contributed by atoms with Gasteiger partial charge in [0.15, 0.2) is 6.10 Å². The second-order valence-corrected chi connectivity index (χ2v) is 11.7. The Kier molecular flexibility index (Phi) is 7.46. The second-order valence-electron chi connectivity index (χ2n) is 9.81. The number of hydrogen-bond donors (Lipinski definition) is 0. The van der Waals surface area contributed by atoms with Crippen molar-refractivity contribution in [1.82, 2.24) is 4.31 Å². The minimum absolute atomic E-state index is 0.101. The molecular weight excluding hydrogens is 510 g/mol. The van der Waals surface area contributed by atoms with Crippen molar-refractivity contribution in [3.63, 3.8) is 0 Å². The van der Waals surface area contributed by atoms with E-state index in [0.717, 1.165) is 22.3 Å². The summed E-state index contributed by atoms with van der Waals surface area (Å²) in [7, 11) is -3.74. The Morgan fingerprint density at radius 3 is 1.95 bits per heavy atom. The van der Waals surface area contributed by atoms with E-state index < -0.39 is 22.1 Å². The summed E-state index contributed by atoms with van der Waals surface area (Å²) >= 11 is 0. The van der Waals surface area contributed by atoms with Gasteiger partial charge in [-0.1, -0.05) is 83.9 Å². The van der Waals surface area contributed by atoms with Crippen LogP contribution in [-0.2, 0) is 27.7 Å². The number of ether oxygens (including phenoxy) is 1. The molecule has 7 heteroatoms. The molecule has 0 aliphatic carbocycles. The van der Waals surface area contributed by atoms with Gasteiger partial charge in [0.05, 0.1) is 10.5 Å². The Morgan fingerprint density at radius 2 is 1.31 bits per heavy atom. The molecule has 4 aromatic carbocycles. The van der Waals surface area contributed by atoms with Crippen molar-refractivity contribution in [2.24, 2.45) is 0 Å². The predicted octanol–water partition coefficient (Wildman–Crippen LogP) is 5.83. The summed E-state index contributed by atoms with van der Waals surface area (Å²) in [6.07, 6.45) is -0.493. The van der Waals surface area contributed by atoms with Crippen LogP contribution in [0.4, 0.5) is 0 Å². The van der Waals surface area contributed by atoms with E-state index >= 15 is 0 Å². The second kappa shape index (κ2) is 11.0. The molecule has 5 rings (SSSR count). The highest BCUT2D eigenvalue weighted by Gasteiger charge is 2.30. The van der Waals surface area contributed by atoms with E-state index in [-0.39, 0.29) is 16.2 Å². The van der Waals surface area contributed by atoms with E-state index in [2.05, 4.69) is 0 Å². The quantitative estimate of drug-likeness (QED) is 0.218. The van der Waals surface area contributed by atoms with Crippen LogP contribution in [0.5, 0.6) is 0 Å². The number of benzene rings is 4. The molecule has 0 N–H and O–H groups in total. The lowest BCUT2D eigenvalue weighted by atomic mass is 9.98. The number of rotatable bonds is 7. The van der Waals surface area contributed by atoms with Crippen LogP contribution in [0.2, 0.25) is 0 Å². The van der Waals surface area contributed by atoms with Gasteiger partial charge in [-0.2, -0.15) is 4.31 Å². The van der Waals surface area contributed by atoms with E-state index in [1.807, 2.05) is 62.4 Å². The number of carbonyl (C=O) groups is 2. The Hall–Kier alpha value is -4.07. The third-order valence-corrected chi connectivity index (χ3v) is 8.86. The molecule has 1 atom stereocenters. The van der Waals surface area contributed by atoms with Crippen molar-refractivity contribution in [3.8, 4) is 0 Å². The van der Waals surface area contributed by atoms with E-state index in [0.29, 0.717) is 30.6 Å². The molecule has 0 fully saturated rings. The van der Waals surface area contributed by atoms with Gasteiger partial charge in [-0.15, -0.1) is 0 Å². The van der Waals surface area contributed by atoms with E-state index in [1.54, 1.807) is 24.3 Å². The van der Waals surface area contributed by atoms with Gasteiger partial charge < -0.3 is 4.74 Å². The topological polar surface area (TPSA) is 80.8 Å². The Balaban J connectivity index is 1.36. The molecule has 0 saturated heterocycles. The number of esters is 1. The highest BCUT2D eigenvalue weighted by atomic mass is 32.2. The van der Waals surface area contributed by atoms with Gasteiger partial charge >= 0.3 is 5.97 Å². The number of Topliss-reactive ketones (excluding diaryl/α,β-unsaturated/α-hetero) is 1. The van der Waals surface area contributed by atoms with Gasteiger partial charge in [0.1, 0.15) is 0 Å². The summed E-state index contributed by atoms with van der Waals surface area (Å²) in [5.41, 5.74) is 5.33. The van der Waals surface area contributed by atoms with Crippen LogP contribution in [0, 0.1) is 13.8 Å². The van der Waals surface area contributed by atoms with Crippen molar-refractivity contribution in [2.45, 2.75) is 37.8 Å². The molecule has 1 heterocycles. The molecule has 1 unspecified atom stereocenters. The number of ketones is 1. The first kappa shape index (κ1) is 26.5. The number of carbonyl (C=O) groups excluding carboxylic acids is 2. The Bertz CT molecular complexity index is 1610. The minimum atomic E-state index is -3.74. The summed E-state index contributed by atoms with van der Waals surface area (Å²) in [5, 5.41) is 0. The first-order valence-electron chi connectivity index (χ1n) is 12.8. The minimum Gasteiger partial charge on any atom is -0.445 e. The Labute approximate surface area is 228 Å². The van der Waals surface area contributed by atoms with Crippen LogP contribution in [0.15, 0.2) is 102 Å². The van der Waals surface area contributed by atoms with Crippen LogP contribution in [0.1, 0.15) is 54.6 Å². The van der Waals surface area contributed by atoms with E-state index in [1.165, 1.54) is 28.6 Å². The lowest BCUT2D eigenvalue weighted by Gasteiger charge is -2.28. The third-order valence-electron chi connectivity index (χ3n) is 7.00. The predicted molar refractivity (Wildman–Crippen MR) is 149 cm³/mol. The van der Waals surface area contributed by atoms with Crippen molar-refractivity contribution in [2.75, 3.05) is 6.54 Å². The molecular formula is C32H29NO5S. The highest BCUT2D eigenvalue weighted by Crippen LogP contribution is 2.27. The number of sulfonamides is 1. The summed E-state index contributed by atoms with van der Waals surface area (Å²) in [6.45, 7) is 4.56. The molecule has 4 aromatic rings. The van der Waals surface area contributed by atoms with Gasteiger partial charge in [-0.25, -0.2) is 13.2 Å². The number of fused-ring (bicyclic) bond motifs is 1. The fourth-order valence-electron chi connectivity index (χ4n) is 4.65. The van der Waals surface area contributed by atoms with Crippen LogP contribution >= 0.6 is 0 Å². The van der Waals surface area contributed by atoms with Crippen LogP contribution in [-0.4, -0.2) is 31.0 Å². The van der Waals surface area contributed by atoms with Crippen LogP contribution in [0.25, 0.3) is 0 Å². The summed E-state index contributed by atoms with van der Waals surface area (Å²) in [6, 6.07) is 27.9. The molecule has 6 nitrogen and oxygen atoms in total. The Morgan fingerprint density at radius 1 is 0.744 bits per heavy atom. The summed E-state index contributed by atoms with van der Waals surface area (Å²) in [5.74, 6) is -1.05. The summed E-state index contributed by atoms with van der Waals surface area (Å²) < 4.78 is 33.8. The number of nitrogens with zero attached hydrogens (tertiary/aromatic N) is 1. The molecule has 0 saturated carbocycles. The maximum atomic E-state index is 13.4. The normalized spacial score (nSPS) is 14.3. The molecule has 0 aromatic heterocycles. The average Bonchev–Trinajstić information content (AvgIpc) is 2.96. The SMILES string of the molecule is Cc1ccc(C(=O)C(OC(=O)c2ccc(S(=O)(=O)N3CCc4ccccc4C3)cc2)c2ccc(C)cc2)cc1. The average molecular weight is 540 g/mol. The molecule has 0 spiro atoms. The monoisotopic (exact) mass is 539 g/mol. The van der Waals surface area contributed by atoms with Gasteiger partial charge in [0.25, 0.3) is 0 Å². The zero-order valence-corrected chi connectivity index (χ0v) is 22.6. The fraction of sp³-hybridized carbons (Fsp3) is 0.188. The van der Waals surface area contributed by atoms with Crippen LogP contribution in [0.3, 0.4) is 0 Å². The molecule has 198 valence electrons. The third kappa shape index (κ3) is 5.70. The molecule has 1 aliphatic rings. The van der Waals surface area contributed by atoms with E-state index in [9.17, 15) is 18.0 Å². The van der Waals surface area contributed by atoms with Crippen molar-refractivity contribution in [1.29, 1.82) is 0 Å². The first-order chi connectivity index (χ1) is 18.7. The number of hydrogen-bond acceptors (Lipinski definition) is 5. The molecule has 1 aliphatic heterocycles. The zero-order valence-electron chi connectivity index (χ0n) is 21.8. The maximum absolute atomic E-state index is 13.4. The first-order valence-corrected chi connectivity index (χ1v) is 14.2. The molecule has 0 amide bonds. The highest BCUT2D eigenvalue weighted by molar-refractivity contribution is 7.89. The van der Waals surface area contributed by atoms with Gasteiger partial charge in [0, 0.05) is 24.2 Å². The molecule has 39 heavy (non-hydrogen) atoms. The standard InChI is InChI=1S/C32H29NO5S/c1-22-7-11-25(12-8-22)30(34)31(26-13-9-23(2)10-14-26)38-32(35)27-15-17-29(18-16-27)39(36,37)33-20-19-24-5-3-4-6-28(24)21-33/h3-18,31H,19-21H2,1-2H3. The van der Waals surface area contributed by atoms with E-state index in [4.69, 9.17) is 4.74 Å². The molecule has 0 bridgehead atoms. The zero-order chi connectivity index (χ0) is 27.6. The smallest absolute Gasteiger partial charge is 0.339 e. The van der Waals surface area contributed by atoms with Crippen LogP contribution < -0.4 is 0 Å². The molecule has 0 radical (unpaired) electrons. The fourth-order valence-corrected chi connectivity index (χ4v) is 6.06. The largest absolute Gasteiger partial charge is 0.445 e.